The summed E-state index contributed by atoms with van der Waals surface area (Å²) in [6, 6.07) is 6.21. The topological polar surface area (TPSA) is 47.9 Å². The average molecular weight is 364 g/mol. The minimum Gasteiger partial charge on any atom is -0.497 e. The van der Waals surface area contributed by atoms with Crippen LogP contribution in [-0.4, -0.2) is 35.0 Å². The Labute approximate surface area is 153 Å². The standard InChI is InChI=1S/C20H29NO3S/c1-19(2,3)25(22)21-18-17-12-16(24-5)7-6-14(17)13-20(18)10-8-15(23-4)9-11-20/h6-7,12,15H,8-11,13H2,1-5H3. The second-order valence-electron chi connectivity index (χ2n) is 8.22. The Morgan fingerprint density at radius 2 is 1.88 bits per heavy atom. The molecule has 138 valence electrons. The minimum absolute atomic E-state index is 0.00929. The third kappa shape index (κ3) is 3.54. The van der Waals surface area contributed by atoms with Crippen molar-refractivity contribution < 1.29 is 13.7 Å². The third-order valence-electron chi connectivity index (χ3n) is 5.52. The van der Waals surface area contributed by atoms with Crippen LogP contribution in [0.5, 0.6) is 5.75 Å². The highest BCUT2D eigenvalue weighted by atomic mass is 32.2. The van der Waals surface area contributed by atoms with Crippen molar-refractivity contribution in [3.05, 3.63) is 29.3 Å². The van der Waals surface area contributed by atoms with Gasteiger partial charge in [-0.3, -0.25) is 0 Å². The first-order valence-corrected chi connectivity index (χ1v) is 10.1. The van der Waals surface area contributed by atoms with Crippen molar-refractivity contribution >= 4 is 16.7 Å². The second-order valence-corrected chi connectivity index (χ2v) is 10.1. The molecule has 4 nitrogen and oxygen atoms in total. The predicted molar refractivity (Wildman–Crippen MR) is 103 cm³/mol. The maximum Gasteiger partial charge on any atom is 0.145 e. The summed E-state index contributed by atoms with van der Waals surface area (Å²) in [7, 11) is 2.21. The van der Waals surface area contributed by atoms with E-state index in [4.69, 9.17) is 13.9 Å². The van der Waals surface area contributed by atoms with Crippen molar-refractivity contribution in [1.82, 2.24) is 0 Å². The molecule has 0 aromatic heterocycles. The van der Waals surface area contributed by atoms with E-state index in [0.717, 1.165) is 49.1 Å². The first-order chi connectivity index (χ1) is 11.8. The largest absolute Gasteiger partial charge is 0.497 e. The number of nitrogens with zero attached hydrogens (tertiary/aromatic N) is 1. The zero-order valence-corrected chi connectivity index (χ0v) is 16.7. The molecule has 0 N–H and O–H groups in total. The normalized spacial score (nSPS) is 29.0. The molecule has 5 heteroatoms. The van der Waals surface area contributed by atoms with Gasteiger partial charge in [-0.1, -0.05) is 6.07 Å². The van der Waals surface area contributed by atoms with Gasteiger partial charge >= 0.3 is 0 Å². The van der Waals surface area contributed by atoms with E-state index in [9.17, 15) is 4.21 Å². The lowest BCUT2D eigenvalue weighted by Gasteiger charge is -2.37. The zero-order valence-electron chi connectivity index (χ0n) is 15.9. The van der Waals surface area contributed by atoms with E-state index in [1.807, 2.05) is 26.8 Å². The monoisotopic (exact) mass is 363 g/mol. The lowest BCUT2D eigenvalue weighted by atomic mass is 9.70. The summed E-state index contributed by atoms with van der Waals surface area (Å²) < 4.78 is 28.2. The first kappa shape index (κ1) is 18.6. The van der Waals surface area contributed by atoms with Crippen LogP contribution < -0.4 is 4.74 Å². The highest BCUT2D eigenvalue weighted by Gasteiger charge is 2.46. The summed E-state index contributed by atoms with van der Waals surface area (Å²) in [6.07, 6.45) is 5.43. The van der Waals surface area contributed by atoms with Gasteiger partial charge in [-0.15, -0.1) is 0 Å². The molecule has 1 aromatic carbocycles. The van der Waals surface area contributed by atoms with Gasteiger partial charge in [0.1, 0.15) is 16.7 Å². The fourth-order valence-electron chi connectivity index (χ4n) is 3.95. The molecule has 1 fully saturated rings. The van der Waals surface area contributed by atoms with Gasteiger partial charge in [0.05, 0.1) is 23.7 Å². The van der Waals surface area contributed by atoms with Crippen molar-refractivity contribution in [3.8, 4) is 5.75 Å². The van der Waals surface area contributed by atoms with Crippen LogP contribution in [-0.2, 0) is 22.1 Å². The fraction of sp³-hybridized carbons (Fsp3) is 0.650. The molecule has 1 aromatic rings. The molecular formula is C20H29NO3S. The summed E-state index contributed by atoms with van der Waals surface area (Å²) in [5, 5.41) is 0. The van der Waals surface area contributed by atoms with E-state index < -0.39 is 11.0 Å². The van der Waals surface area contributed by atoms with Crippen molar-refractivity contribution in [2.24, 2.45) is 9.81 Å². The summed E-state index contributed by atoms with van der Waals surface area (Å²) in [6.45, 7) is 5.93. The van der Waals surface area contributed by atoms with Gasteiger partial charge in [-0.25, -0.2) is 4.21 Å². The van der Waals surface area contributed by atoms with Crippen molar-refractivity contribution in [1.29, 1.82) is 0 Å². The molecule has 0 saturated heterocycles. The molecule has 0 bridgehead atoms. The molecule has 2 aliphatic carbocycles. The highest BCUT2D eigenvalue weighted by Crippen LogP contribution is 2.49. The molecule has 1 unspecified atom stereocenters. The number of hydrogen-bond donors (Lipinski definition) is 0. The van der Waals surface area contributed by atoms with Gasteiger partial charge in [0.25, 0.3) is 0 Å². The van der Waals surface area contributed by atoms with E-state index in [-0.39, 0.29) is 10.2 Å². The molecule has 2 aliphatic rings. The number of hydrogen-bond acceptors (Lipinski definition) is 3. The molecule has 1 saturated carbocycles. The SMILES string of the molecule is COc1ccc2c(c1)C(=NS(=O)C(C)(C)C)C1(CCC(OC)CC1)C2. The number of benzene rings is 1. The van der Waals surface area contributed by atoms with Crippen LogP contribution in [0.4, 0.5) is 0 Å². The van der Waals surface area contributed by atoms with Crippen molar-refractivity contribution in [3.63, 3.8) is 0 Å². The number of fused-ring (bicyclic) bond motifs is 1. The van der Waals surface area contributed by atoms with Gasteiger partial charge in [0.15, 0.2) is 0 Å². The Bertz CT molecular complexity index is 697. The van der Waals surface area contributed by atoms with E-state index in [0.29, 0.717) is 6.10 Å². The highest BCUT2D eigenvalue weighted by molar-refractivity contribution is 7.85. The van der Waals surface area contributed by atoms with E-state index in [1.165, 1.54) is 5.56 Å². The minimum atomic E-state index is -1.27. The maximum absolute atomic E-state index is 12.8. The molecule has 25 heavy (non-hydrogen) atoms. The number of ether oxygens (including phenoxy) is 2. The van der Waals surface area contributed by atoms with Crippen LogP contribution in [0.3, 0.4) is 0 Å². The number of methoxy groups -OCH3 is 2. The van der Waals surface area contributed by atoms with Gasteiger partial charge in [0.2, 0.25) is 0 Å². The van der Waals surface area contributed by atoms with Gasteiger partial charge in [-0.05, 0) is 70.6 Å². The summed E-state index contributed by atoms with van der Waals surface area (Å²) in [5.41, 5.74) is 3.42. The average Bonchev–Trinajstić information content (AvgIpc) is 2.87. The van der Waals surface area contributed by atoms with E-state index in [1.54, 1.807) is 14.2 Å². The molecule has 0 aliphatic heterocycles. The fourth-order valence-corrected chi connectivity index (χ4v) is 4.68. The Hall–Kier alpha value is -1.20. The van der Waals surface area contributed by atoms with E-state index >= 15 is 0 Å². The van der Waals surface area contributed by atoms with Crippen LogP contribution in [0.1, 0.15) is 57.6 Å². The zero-order chi connectivity index (χ0) is 18.2. The van der Waals surface area contributed by atoms with Gasteiger partial charge in [-0.2, -0.15) is 4.40 Å². The van der Waals surface area contributed by atoms with Crippen molar-refractivity contribution in [2.75, 3.05) is 14.2 Å². The predicted octanol–water partition coefficient (Wildman–Crippen LogP) is 4.08. The lowest BCUT2D eigenvalue weighted by Crippen LogP contribution is -2.36. The van der Waals surface area contributed by atoms with Crippen LogP contribution in [0.25, 0.3) is 0 Å². The van der Waals surface area contributed by atoms with Gasteiger partial charge < -0.3 is 9.47 Å². The molecule has 0 amide bonds. The third-order valence-corrected chi connectivity index (χ3v) is 6.92. The molecular weight excluding hydrogens is 334 g/mol. The summed E-state index contributed by atoms with van der Waals surface area (Å²) >= 11 is 0. The van der Waals surface area contributed by atoms with Crippen LogP contribution in [0.15, 0.2) is 22.6 Å². The van der Waals surface area contributed by atoms with Crippen molar-refractivity contribution in [2.45, 2.75) is 63.7 Å². The van der Waals surface area contributed by atoms with Crippen LogP contribution in [0, 0.1) is 5.41 Å². The summed E-state index contributed by atoms with van der Waals surface area (Å²) in [4.78, 5) is 0. The molecule has 0 heterocycles. The first-order valence-electron chi connectivity index (χ1n) is 9.00. The maximum atomic E-state index is 12.8. The smallest absolute Gasteiger partial charge is 0.145 e. The Kier molecular flexibility index (Phi) is 5.09. The van der Waals surface area contributed by atoms with Crippen LogP contribution in [0.2, 0.25) is 0 Å². The summed E-state index contributed by atoms with van der Waals surface area (Å²) in [5.74, 6) is 0.829. The molecule has 1 spiro atoms. The van der Waals surface area contributed by atoms with E-state index in [2.05, 4.69) is 12.1 Å². The molecule has 1 atom stereocenters. The Morgan fingerprint density at radius 1 is 1.20 bits per heavy atom. The lowest BCUT2D eigenvalue weighted by molar-refractivity contribution is 0.0468. The second kappa shape index (κ2) is 6.84. The number of rotatable bonds is 3. The van der Waals surface area contributed by atoms with Crippen LogP contribution >= 0.6 is 0 Å². The van der Waals surface area contributed by atoms with Gasteiger partial charge in [0, 0.05) is 18.1 Å². The Balaban J connectivity index is 2.04. The Morgan fingerprint density at radius 3 is 2.44 bits per heavy atom. The molecule has 0 radical (unpaired) electrons. The molecule has 3 rings (SSSR count). The quantitative estimate of drug-likeness (QED) is 0.813.